The Morgan fingerprint density at radius 3 is 2.62 bits per heavy atom. The summed E-state index contributed by atoms with van der Waals surface area (Å²) >= 11 is 17.1. The van der Waals surface area contributed by atoms with Crippen LogP contribution in [-0.2, 0) is 6.54 Å². The van der Waals surface area contributed by atoms with Gasteiger partial charge in [0.15, 0.2) is 0 Å². The number of carbonyl (C=O) groups is 1. The lowest BCUT2D eigenvalue weighted by atomic mass is 10.2. The van der Waals surface area contributed by atoms with Crippen molar-refractivity contribution in [2.24, 2.45) is 0 Å². The average molecular weight is 282 g/mol. The zero-order valence-corrected chi connectivity index (χ0v) is 10.7. The normalized spacial score (nSPS) is 9.94. The number of alkyl halides is 1. The molecule has 0 aliphatic carbocycles. The predicted octanol–water partition coefficient (Wildman–Crippen LogP) is 3.03. The molecule has 1 rings (SSSR count). The van der Waals surface area contributed by atoms with Crippen molar-refractivity contribution in [2.45, 2.75) is 6.54 Å². The summed E-state index contributed by atoms with van der Waals surface area (Å²) < 4.78 is 0. The van der Waals surface area contributed by atoms with Crippen LogP contribution in [0.25, 0.3) is 0 Å². The van der Waals surface area contributed by atoms with E-state index in [0.717, 1.165) is 5.56 Å². The van der Waals surface area contributed by atoms with Crippen molar-refractivity contribution < 1.29 is 4.79 Å². The van der Waals surface area contributed by atoms with Gasteiger partial charge in [-0.15, -0.1) is 11.6 Å². The molecule has 6 heteroatoms. The molecule has 2 N–H and O–H groups in total. The maximum atomic E-state index is 11.2. The molecule has 0 fully saturated rings. The van der Waals surface area contributed by atoms with Crippen molar-refractivity contribution in [1.29, 1.82) is 0 Å². The van der Waals surface area contributed by atoms with Crippen LogP contribution in [-0.4, -0.2) is 18.5 Å². The third kappa shape index (κ3) is 4.47. The lowest BCUT2D eigenvalue weighted by Crippen LogP contribution is -2.36. The van der Waals surface area contributed by atoms with Crippen LogP contribution in [0.15, 0.2) is 18.2 Å². The molecule has 1 aromatic rings. The van der Waals surface area contributed by atoms with Gasteiger partial charge in [0, 0.05) is 29.0 Å². The Hall–Kier alpha value is -0.640. The molecule has 0 spiro atoms. The molecule has 0 aromatic heterocycles. The number of halogens is 3. The molecule has 88 valence electrons. The Balaban J connectivity index is 2.45. The fraction of sp³-hybridized carbons (Fsp3) is 0.300. The highest BCUT2D eigenvalue weighted by molar-refractivity contribution is 6.35. The van der Waals surface area contributed by atoms with Crippen molar-refractivity contribution in [3.8, 4) is 0 Å². The SMILES string of the molecule is O=C(NCCCl)NCc1ccc(Cl)cc1Cl. The van der Waals surface area contributed by atoms with Gasteiger partial charge in [-0.2, -0.15) is 0 Å². The van der Waals surface area contributed by atoms with Crippen LogP contribution in [0.2, 0.25) is 10.0 Å². The number of hydrogen-bond donors (Lipinski definition) is 2. The molecule has 3 nitrogen and oxygen atoms in total. The summed E-state index contributed by atoms with van der Waals surface area (Å²) in [7, 11) is 0. The molecule has 0 saturated carbocycles. The summed E-state index contributed by atoms with van der Waals surface area (Å²) in [5.41, 5.74) is 0.812. The van der Waals surface area contributed by atoms with Crippen LogP contribution in [0.3, 0.4) is 0 Å². The number of hydrogen-bond acceptors (Lipinski definition) is 1. The molecule has 0 radical (unpaired) electrons. The van der Waals surface area contributed by atoms with Crippen LogP contribution >= 0.6 is 34.8 Å². The van der Waals surface area contributed by atoms with Gasteiger partial charge in [0.05, 0.1) is 0 Å². The Labute approximate surface area is 109 Å². The number of benzene rings is 1. The second-order valence-electron chi connectivity index (χ2n) is 3.03. The quantitative estimate of drug-likeness (QED) is 0.818. The number of nitrogens with one attached hydrogen (secondary N) is 2. The smallest absolute Gasteiger partial charge is 0.315 e. The van der Waals surface area contributed by atoms with E-state index in [1.165, 1.54) is 0 Å². The molecule has 0 aliphatic rings. The average Bonchev–Trinajstić information content (AvgIpc) is 2.25. The standard InChI is InChI=1S/C10H11Cl3N2O/c11-3-4-14-10(16)15-6-7-1-2-8(12)5-9(7)13/h1-2,5H,3-4,6H2,(H2,14,15,16). The summed E-state index contributed by atoms with van der Waals surface area (Å²) in [4.78, 5) is 11.2. The second-order valence-corrected chi connectivity index (χ2v) is 4.26. The van der Waals surface area contributed by atoms with Gasteiger partial charge >= 0.3 is 6.03 Å². The third-order valence-electron chi connectivity index (χ3n) is 1.83. The minimum atomic E-state index is -0.272. The van der Waals surface area contributed by atoms with Crippen molar-refractivity contribution in [3.05, 3.63) is 33.8 Å². The van der Waals surface area contributed by atoms with Gasteiger partial charge in [0.2, 0.25) is 0 Å². The van der Waals surface area contributed by atoms with E-state index in [9.17, 15) is 4.79 Å². The molecule has 0 aliphatic heterocycles. The lowest BCUT2D eigenvalue weighted by molar-refractivity contribution is 0.241. The minimum Gasteiger partial charge on any atom is -0.337 e. The minimum absolute atomic E-state index is 0.272. The van der Waals surface area contributed by atoms with E-state index in [4.69, 9.17) is 34.8 Å². The van der Waals surface area contributed by atoms with E-state index in [2.05, 4.69) is 10.6 Å². The van der Waals surface area contributed by atoms with E-state index in [0.29, 0.717) is 29.0 Å². The Morgan fingerprint density at radius 2 is 2.00 bits per heavy atom. The van der Waals surface area contributed by atoms with Gasteiger partial charge in [-0.25, -0.2) is 4.79 Å². The highest BCUT2D eigenvalue weighted by atomic mass is 35.5. The fourth-order valence-electron chi connectivity index (χ4n) is 1.06. The summed E-state index contributed by atoms with van der Waals surface area (Å²) in [5, 5.41) is 6.34. The fourth-order valence-corrected chi connectivity index (χ4v) is 1.63. The monoisotopic (exact) mass is 280 g/mol. The highest BCUT2D eigenvalue weighted by Crippen LogP contribution is 2.20. The predicted molar refractivity (Wildman–Crippen MR) is 67.4 cm³/mol. The molecule has 0 bridgehead atoms. The van der Waals surface area contributed by atoms with Crippen molar-refractivity contribution in [3.63, 3.8) is 0 Å². The number of carbonyl (C=O) groups excluding carboxylic acids is 1. The van der Waals surface area contributed by atoms with Gasteiger partial charge in [0.1, 0.15) is 0 Å². The van der Waals surface area contributed by atoms with E-state index < -0.39 is 0 Å². The van der Waals surface area contributed by atoms with Crippen molar-refractivity contribution in [1.82, 2.24) is 10.6 Å². The molecule has 2 amide bonds. The van der Waals surface area contributed by atoms with Gasteiger partial charge in [0.25, 0.3) is 0 Å². The molecule has 0 atom stereocenters. The van der Waals surface area contributed by atoms with E-state index in [1.807, 2.05) is 0 Å². The van der Waals surface area contributed by atoms with Gasteiger partial charge in [-0.3, -0.25) is 0 Å². The maximum Gasteiger partial charge on any atom is 0.315 e. The lowest BCUT2D eigenvalue weighted by Gasteiger charge is -2.07. The largest absolute Gasteiger partial charge is 0.337 e. The molecule has 1 aromatic carbocycles. The van der Waals surface area contributed by atoms with Crippen LogP contribution in [0.5, 0.6) is 0 Å². The molecular formula is C10H11Cl3N2O. The van der Waals surface area contributed by atoms with Crippen LogP contribution in [0, 0.1) is 0 Å². The Kier molecular flexibility index (Phi) is 5.74. The summed E-state index contributed by atoms with van der Waals surface area (Å²) in [6, 6.07) is 4.86. The van der Waals surface area contributed by atoms with E-state index in [1.54, 1.807) is 18.2 Å². The Morgan fingerprint density at radius 1 is 1.25 bits per heavy atom. The van der Waals surface area contributed by atoms with Gasteiger partial charge < -0.3 is 10.6 Å². The first-order valence-corrected chi connectivity index (χ1v) is 5.94. The van der Waals surface area contributed by atoms with Crippen LogP contribution in [0.4, 0.5) is 4.79 Å². The molecule has 0 unspecified atom stereocenters. The van der Waals surface area contributed by atoms with Crippen molar-refractivity contribution >= 4 is 40.8 Å². The van der Waals surface area contributed by atoms with Crippen LogP contribution in [0.1, 0.15) is 5.56 Å². The topological polar surface area (TPSA) is 41.1 Å². The number of amides is 2. The molecular weight excluding hydrogens is 270 g/mol. The first-order chi connectivity index (χ1) is 7.63. The second kappa shape index (κ2) is 6.84. The molecule has 0 saturated heterocycles. The highest BCUT2D eigenvalue weighted by Gasteiger charge is 2.03. The first-order valence-electron chi connectivity index (χ1n) is 4.65. The number of rotatable bonds is 4. The van der Waals surface area contributed by atoms with E-state index in [-0.39, 0.29) is 6.03 Å². The van der Waals surface area contributed by atoms with Crippen molar-refractivity contribution in [2.75, 3.05) is 12.4 Å². The van der Waals surface area contributed by atoms with Gasteiger partial charge in [-0.05, 0) is 17.7 Å². The summed E-state index contributed by atoms with van der Waals surface area (Å²) in [6.45, 7) is 0.784. The molecule has 0 heterocycles. The van der Waals surface area contributed by atoms with Crippen LogP contribution < -0.4 is 10.6 Å². The zero-order chi connectivity index (χ0) is 12.0. The maximum absolute atomic E-state index is 11.2. The zero-order valence-electron chi connectivity index (χ0n) is 8.40. The summed E-state index contributed by atoms with van der Waals surface area (Å²) in [5.74, 6) is 0.384. The summed E-state index contributed by atoms with van der Waals surface area (Å²) in [6.07, 6.45) is 0. The first kappa shape index (κ1) is 13.4. The number of urea groups is 1. The third-order valence-corrected chi connectivity index (χ3v) is 2.61. The Bertz CT molecular complexity index is 371. The van der Waals surface area contributed by atoms with E-state index >= 15 is 0 Å². The van der Waals surface area contributed by atoms with Gasteiger partial charge in [-0.1, -0.05) is 29.3 Å². The molecule has 16 heavy (non-hydrogen) atoms.